The Labute approximate surface area is 157 Å². The van der Waals surface area contributed by atoms with Crippen LogP contribution in [0.25, 0.3) is 5.69 Å². The van der Waals surface area contributed by atoms with Crippen LogP contribution in [0.2, 0.25) is 0 Å². The molecule has 1 aliphatic heterocycles. The van der Waals surface area contributed by atoms with Crippen molar-refractivity contribution in [1.82, 2.24) is 14.8 Å². The van der Waals surface area contributed by atoms with Gasteiger partial charge in [0.15, 0.2) is 5.16 Å². The molecule has 0 radical (unpaired) electrons. The number of morpholine rings is 1. The molecule has 0 spiro atoms. The molecule has 1 saturated carbocycles. The first-order valence-electron chi connectivity index (χ1n) is 9.27. The van der Waals surface area contributed by atoms with Gasteiger partial charge >= 0.3 is 0 Å². The second-order valence-corrected chi connectivity index (χ2v) is 8.04. The molecule has 1 aliphatic carbocycles. The maximum absolute atomic E-state index is 12.3. The molecule has 7 heteroatoms. The summed E-state index contributed by atoms with van der Waals surface area (Å²) < 4.78 is 7.58. The summed E-state index contributed by atoms with van der Waals surface area (Å²) in [6.45, 7) is 5.09. The number of carbonyl (C=O) groups excluding carboxylic acids is 1. The summed E-state index contributed by atoms with van der Waals surface area (Å²) in [7, 11) is 0. The normalized spacial score (nSPS) is 21.2. The number of hydrogen-bond donors (Lipinski definition) is 0. The minimum Gasteiger partial charge on any atom is -0.378 e. The van der Waals surface area contributed by atoms with Gasteiger partial charge in [0.25, 0.3) is 0 Å². The zero-order valence-corrected chi connectivity index (χ0v) is 15.9. The molecule has 26 heavy (non-hydrogen) atoms. The van der Waals surface area contributed by atoms with E-state index >= 15 is 0 Å². The van der Waals surface area contributed by atoms with Crippen molar-refractivity contribution < 1.29 is 9.53 Å². The van der Waals surface area contributed by atoms with Gasteiger partial charge < -0.3 is 9.64 Å². The van der Waals surface area contributed by atoms with E-state index in [2.05, 4.69) is 44.8 Å². The van der Waals surface area contributed by atoms with Crippen LogP contribution >= 0.6 is 11.8 Å². The SMILES string of the molecule is Cc1cccc(-n2c(S[C@H]3CCCCC3=O)nnc2N2CCOCC2)c1. The first kappa shape index (κ1) is 17.5. The first-order chi connectivity index (χ1) is 12.7. The van der Waals surface area contributed by atoms with Crippen molar-refractivity contribution in [2.45, 2.75) is 43.0 Å². The van der Waals surface area contributed by atoms with Crippen LogP contribution in [0.4, 0.5) is 5.95 Å². The highest BCUT2D eigenvalue weighted by molar-refractivity contribution is 8.00. The lowest BCUT2D eigenvalue weighted by Crippen LogP contribution is -2.38. The Balaban J connectivity index is 1.71. The third kappa shape index (κ3) is 3.64. The van der Waals surface area contributed by atoms with Crippen LogP contribution in [0.15, 0.2) is 29.4 Å². The summed E-state index contributed by atoms with van der Waals surface area (Å²) >= 11 is 1.57. The molecule has 2 heterocycles. The fourth-order valence-corrected chi connectivity index (χ4v) is 4.67. The van der Waals surface area contributed by atoms with Crippen LogP contribution in [0.3, 0.4) is 0 Å². The Kier molecular flexibility index (Phi) is 5.26. The summed E-state index contributed by atoms with van der Waals surface area (Å²) in [6.07, 6.45) is 3.74. The first-order valence-corrected chi connectivity index (χ1v) is 10.1. The standard InChI is InChI=1S/C19H24N4O2S/c1-14-5-4-6-15(13-14)23-18(22-9-11-25-12-10-22)20-21-19(23)26-17-8-3-2-7-16(17)24/h4-6,13,17H,2-3,7-12H2,1H3/t17-/m0/s1. The van der Waals surface area contributed by atoms with Crippen LogP contribution in [0.1, 0.15) is 31.2 Å². The van der Waals surface area contributed by atoms with E-state index in [0.717, 1.165) is 49.1 Å². The number of rotatable bonds is 4. The van der Waals surface area contributed by atoms with E-state index in [1.165, 1.54) is 5.56 Å². The molecule has 0 N–H and O–H groups in total. The second kappa shape index (κ2) is 7.80. The van der Waals surface area contributed by atoms with Crippen molar-refractivity contribution in [2.24, 2.45) is 0 Å². The number of aromatic nitrogens is 3. The fraction of sp³-hybridized carbons (Fsp3) is 0.526. The highest BCUT2D eigenvalue weighted by Crippen LogP contribution is 2.34. The summed E-state index contributed by atoms with van der Waals surface area (Å²) in [5, 5.41) is 9.75. The minimum absolute atomic E-state index is 0.00551. The molecule has 2 aromatic rings. The molecule has 1 aromatic carbocycles. The molecular formula is C19H24N4O2S. The Morgan fingerprint density at radius 3 is 2.81 bits per heavy atom. The average Bonchev–Trinajstić information content (AvgIpc) is 3.08. The number of nitrogens with zero attached hydrogens (tertiary/aromatic N) is 4. The zero-order valence-electron chi connectivity index (χ0n) is 15.1. The van der Waals surface area contributed by atoms with Gasteiger partial charge in [0.1, 0.15) is 5.78 Å². The third-order valence-corrected chi connectivity index (χ3v) is 6.17. The molecule has 1 aromatic heterocycles. The van der Waals surface area contributed by atoms with Crippen molar-refractivity contribution in [1.29, 1.82) is 0 Å². The van der Waals surface area contributed by atoms with E-state index in [9.17, 15) is 4.79 Å². The van der Waals surface area contributed by atoms with Gasteiger partial charge in [-0.2, -0.15) is 0 Å². The largest absolute Gasteiger partial charge is 0.378 e. The van der Waals surface area contributed by atoms with Gasteiger partial charge in [-0.15, -0.1) is 10.2 Å². The number of ketones is 1. The predicted octanol–water partition coefficient (Wildman–Crippen LogP) is 3.02. The number of carbonyl (C=O) groups is 1. The quantitative estimate of drug-likeness (QED) is 0.822. The van der Waals surface area contributed by atoms with Crippen LogP contribution in [-0.2, 0) is 9.53 Å². The van der Waals surface area contributed by atoms with E-state index < -0.39 is 0 Å². The van der Waals surface area contributed by atoms with Gasteiger partial charge in [0.2, 0.25) is 5.95 Å². The van der Waals surface area contributed by atoms with Gasteiger partial charge in [-0.05, 0) is 37.5 Å². The summed E-state index contributed by atoms with van der Waals surface area (Å²) in [5.74, 6) is 1.18. The monoisotopic (exact) mass is 372 g/mol. The molecule has 138 valence electrons. The number of thioether (sulfide) groups is 1. The number of anilines is 1. The highest BCUT2D eigenvalue weighted by atomic mass is 32.2. The van der Waals surface area contributed by atoms with Crippen molar-refractivity contribution in [3.8, 4) is 5.69 Å². The van der Waals surface area contributed by atoms with Crippen LogP contribution in [0.5, 0.6) is 0 Å². The summed E-state index contributed by atoms with van der Waals surface area (Å²) in [4.78, 5) is 14.5. The average molecular weight is 372 g/mol. The molecule has 4 rings (SSSR count). The molecular weight excluding hydrogens is 348 g/mol. The maximum atomic E-state index is 12.3. The Morgan fingerprint density at radius 1 is 1.19 bits per heavy atom. The molecule has 2 aliphatic rings. The molecule has 1 atom stereocenters. The van der Waals surface area contributed by atoms with E-state index in [1.54, 1.807) is 11.8 Å². The lowest BCUT2D eigenvalue weighted by molar-refractivity contribution is -0.119. The Morgan fingerprint density at radius 2 is 2.04 bits per heavy atom. The van der Waals surface area contributed by atoms with Crippen molar-refractivity contribution in [3.63, 3.8) is 0 Å². The molecule has 2 fully saturated rings. The zero-order chi connectivity index (χ0) is 17.9. The molecule has 0 unspecified atom stereocenters. The van der Waals surface area contributed by atoms with E-state index in [-0.39, 0.29) is 5.25 Å². The number of benzene rings is 1. The maximum Gasteiger partial charge on any atom is 0.232 e. The molecule has 0 amide bonds. The lowest BCUT2D eigenvalue weighted by Gasteiger charge is -2.28. The Hall–Kier alpha value is -1.86. The van der Waals surface area contributed by atoms with Crippen molar-refractivity contribution in [2.75, 3.05) is 31.2 Å². The lowest BCUT2D eigenvalue weighted by atomic mass is 9.99. The number of hydrogen-bond acceptors (Lipinski definition) is 6. The minimum atomic E-state index is -0.00551. The summed E-state index contributed by atoms with van der Waals surface area (Å²) in [5.41, 5.74) is 2.23. The van der Waals surface area contributed by atoms with Crippen LogP contribution < -0.4 is 4.90 Å². The smallest absolute Gasteiger partial charge is 0.232 e. The van der Waals surface area contributed by atoms with E-state index in [4.69, 9.17) is 4.74 Å². The van der Waals surface area contributed by atoms with Gasteiger partial charge in [0, 0.05) is 19.5 Å². The number of aryl methyl sites for hydroxylation is 1. The van der Waals surface area contributed by atoms with E-state index in [0.29, 0.717) is 25.4 Å². The third-order valence-electron chi connectivity index (χ3n) is 4.92. The van der Waals surface area contributed by atoms with Crippen molar-refractivity contribution in [3.05, 3.63) is 29.8 Å². The van der Waals surface area contributed by atoms with Gasteiger partial charge in [-0.1, -0.05) is 30.3 Å². The number of Topliss-reactive ketones (excluding diaryl/α,β-unsaturated/α-hetero) is 1. The van der Waals surface area contributed by atoms with Gasteiger partial charge in [-0.25, -0.2) is 0 Å². The van der Waals surface area contributed by atoms with Gasteiger partial charge in [0.05, 0.1) is 24.2 Å². The van der Waals surface area contributed by atoms with Crippen LogP contribution in [-0.4, -0.2) is 52.1 Å². The van der Waals surface area contributed by atoms with Gasteiger partial charge in [-0.3, -0.25) is 9.36 Å². The highest BCUT2D eigenvalue weighted by Gasteiger charge is 2.28. The number of ether oxygens (including phenoxy) is 1. The van der Waals surface area contributed by atoms with E-state index in [1.807, 2.05) is 6.07 Å². The molecule has 0 bridgehead atoms. The molecule has 1 saturated heterocycles. The topological polar surface area (TPSA) is 60.2 Å². The predicted molar refractivity (Wildman–Crippen MR) is 102 cm³/mol. The second-order valence-electron chi connectivity index (χ2n) is 6.87. The Bertz CT molecular complexity index is 786. The fourth-order valence-electron chi connectivity index (χ4n) is 3.50. The van der Waals surface area contributed by atoms with Crippen molar-refractivity contribution >= 4 is 23.5 Å². The van der Waals surface area contributed by atoms with Crippen LogP contribution in [0, 0.1) is 6.92 Å². The molecule has 6 nitrogen and oxygen atoms in total. The summed E-state index contributed by atoms with van der Waals surface area (Å²) in [6, 6.07) is 8.35.